The van der Waals surface area contributed by atoms with Gasteiger partial charge in [-0.2, -0.15) is 0 Å². The van der Waals surface area contributed by atoms with Gasteiger partial charge in [-0.05, 0) is 12.6 Å². The zero-order valence-electron chi connectivity index (χ0n) is 12.1. The Morgan fingerprint density at radius 3 is 2.57 bits per heavy atom. The summed E-state index contributed by atoms with van der Waals surface area (Å²) in [5.41, 5.74) is 2.97. The number of hydrogen-bond donors (Lipinski definition) is 3. The zero-order valence-corrected chi connectivity index (χ0v) is 12.1. The first-order chi connectivity index (χ1) is 10.1. The topological polar surface area (TPSA) is 79.0 Å². The molecule has 1 saturated heterocycles. The highest BCUT2D eigenvalue weighted by atomic mass is 16.5. The molecule has 7 heteroatoms. The summed E-state index contributed by atoms with van der Waals surface area (Å²) in [5.74, 6) is -0.605. The summed E-state index contributed by atoms with van der Waals surface area (Å²) in [7, 11) is 0. The highest BCUT2D eigenvalue weighted by Gasteiger charge is 2.28. The van der Waals surface area contributed by atoms with Crippen LogP contribution in [0, 0.1) is 0 Å². The molecular weight excluding hydrogens is 272 g/mol. The predicted octanol–water partition coefficient (Wildman–Crippen LogP) is 0.681. The van der Waals surface area contributed by atoms with Gasteiger partial charge in [0.15, 0.2) is 6.72 Å². The van der Waals surface area contributed by atoms with Gasteiger partial charge in [0.1, 0.15) is 5.69 Å². The van der Waals surface area contributed by atoms with Gasteiger partial charge < -0.3 is 9.80 Å². The largest absolute Gasteiger partial charge is 0.363 e. The Hall–Kier alpha value is -2.12. The van der Waals surface area contributed by atoms with Gasteiger partial charge in [0, 0.05) is 37.0 Å². The van der Waals surface area contributed by atoms with E-state index in [1.54, 1.807) is 23.7 Å². The van der Waals surface area contributed by atoms with Crippen LogP contribution in [0.3, 0.4) is 0 Å². The highest BCUT2D eigenvalue weighted by molar-refractivity contribution is 6.01. The Kier molecular flexibility index (Phi) is 4.77. The van der Waals surface area contributed by atoms with E-state index in [0.29, 0.717) is 16.9 Å². The van der Waals surface area contributed by atoms with Gasteiger partial charge >= 0.3 is 0 Å². The third kappa shape index (κ3) is 3.14. The molecule has 0 unspecified atom stereocenters. The molecule has 0 radical (unpaired) electrons. The maximum absolute atomic E-state index is 11.9. The van der Waals surface area contributed by atoms with Gasteiger partial charge in [-0.15, -0.1) is 0 Å². The second kappa shape index (κ2) is 6.55. The van der Waals surface area contributed by atoms with Crippen LogP contribution in [0.4, 0.5) is 11.4 Å². The van der Waals surface area contributed by atoms with E-state index < -0.39 is 5.91 Å². The number of likely N-dealkylation sites (N-methyl/N-ethyl adjacent to an activating group) is 1. The Bertz CT molecular complexity index is 539. The van der Waals surface area contributed by atoms with Gasteiger partial charge in [0.2, 0.25) is 0 Å². The summed E-state index contributed by atoms with van der Waals surface area (Å²) < 4.78 is 0.746. The second-order valence-corrected chi connectivity index (χ2v) is 4.94. The summed E-state index contributed by atoms with van der Waals surface area (Å²) in [6.45, 7) is 9.82. The molecule has 0 aliphatic carbocycles. The number of carbonyl (C=O) groups is 1. The minimum atomic E-state index is -0.605. The first-order valence-electron chi connectivity index (χ1n) is 6.92. The van der Waals surface area contributed by atoms with Crippen LogP contribution in [0.25, 0.3) is 0 Å². The molecule has 1 aromatic rings. The van der Waals surface area contributed by atoms with Gasteiger partial charge in [0.25, 0.3) is 11.6 Å². The Labute approximate surface area is 123 Å². The van der Waals surface area contributed by atoms with E-state index in [0.717, 1.165) is 37.5 Å². The molecule has 21 heavy (non-hydrogen) atoms. The van der Waals surface area contributed by atoms with Crippen molar-refractivity contribution in [3.8, 4) is 0 Å². The Balaban J connectivity index is 2.40. The molecular formula is C14H21N4O3+. The number of carbonyl (C=O) groups excluding carboxylic acids is 1. The summed E-state index contributed by atoms with van der Waals surface area (Å²) in [5, 5.41) is 18.6. The average Bonchev–Trinajstić information content (AvgIpc) is 2.53. The lowest BCUT2D eigenvalue weighted by molar-refractivity contribution is -0.706. The number of benzene rings is 1. The van der Waals surface area contributed by atoms with Crippen molar-refractivity contribution in [2.75, 3.05) is 37.6 Å². The van der Waals surface area contributed by atoms with Crippen molar-refractivity contribution < 1.29 is 19.9 Å². The van der Waals surface area contributed by atoms with Crippen LogP contribution in [0.2, 0.25) is 0 Å². The maximum Gasteiger partial charge on any atom is 0.280 e. The highest BCUT2D eigenvalue weighted by Crippen LogP contribution is 2.32. The molecule has 1 amide bonds. The molecule has 1 aromatic carbocycles. The van der Waals surface area contributed by atoms with Crippen LogP contribution in [-0.4, -0.2) is 65.4 Å². The van der Waals surface area contributed by atoms with Crippen LogP contribution >= 0.6 is 0 Å². The molecule has 0 spiro atoms. The number of amides is 1. The molecule has 114 valence electrons. The monoisotopic (exact) mass is 293 g/mol. The first-order valence-corrected chi connectivity index (χ1v) is 6.92. The van der Waals surface area contributed by atoms with Crippen molar-refractivity contribution >= 4 is 24.0 Å². The number of hydroxylamine groups is 1. The molecule has 1 fully saturated rings. The summed E-state index contributed by atoms with van der Waals surface area (Å²) in [4.78, 5) is 16.2. The van der Waals surface area contributed by atoms with Crippen molar-refractivity contribution in [1.82, 2.24) is 10.4 Å². The molecule has 0 saturated carbocycles. The second-order valence-electron chi connectivity index (χ2n) is 4.94. The summed E-state index contributed by atoms with van der Waals surface area (Å²) >= 11 is 0. The smallest absolute Gasteiger partial charge is 0.280 e. The minimum absolute atomic E-state index is 0.308. The van der Waals surface area contributed by atoms with Crippen molar-refractivity contribution in [1.29, 1.82) is 0 Å². The van der Waals surface area contributed by atoms with Crippen LogP contribution in [-0.2, 0) is 0 Å². The van der Waals surface area contributed by atoms with Crippen molar-refractivity contribution in [3.05, 3.63) is 23.8 Å². The standard InChI is InChI=1S/C14H20N4O3/c1-3-17-7-9-18(10-8-17)13-11(14(19)15-20)5-4-6-12(13)16(2)21/h4-6H,2-3,7-10H2,1H3,(H2-,15,19,20,21)/p+1. The fourth-order valence-corrected chi connectivity index (χ4v) is 2.60. The van der Waals surface area contributed by atoms with Gasteiger partial charge in [0.05, 0.1) is 5.56 Å². The van der Waals surface area contributed by atoms with Crippen molar-refractivity contribution in [2.24, 2.45) is 0 Å². The van der Waals surface area contributed by atoms with Gasteiger partial charge in [-0.3, -0.25) is 15.2 Å². The lowest BCUT2D eigenvalue weighted by Gasteiger charge is -2.35. The number of nitrogens with zero attached hydrogens (tertiary/aromatic N) is 3. The number of rotatable bonds is 4. The van der Waals surface area contributed by atoms with Crippen LogP contribution in [0.15, 0.2) is 18.2 Å². The molecule has 1 aliphatic rings. The number of hydrogen-bond acceptors (Lipinski definition) is 5. The van der Waals surface area contributed by atoms with Gasteiger partial charge in [-0.25, -0.2) is 5.48 Å². The average molecular weight is 293 g/mol. The number of para-hydroxylation sites is 1. The third-order valence-electron chi connectivity index (χ3n) is 3.77. The molecule has 0 atom stereocenters. The normalized spacial score (nSPS) is 15.8. The lowest BCUT2D eigenvalue weighted by Crippen LogP contribution is -2.47. The molecule has 1 aliphatic heterocycles. The van der Waals surface area contributed by atoms with E-state index >= 15 is 0 Å². The van der Waals surface area contributed by atoms with E-state index in [4.69, 9.17) is 5.21 Å². The number of piperazine rings is 1. The molecule has 0 bridgehead atoms. The molecule has 2 rings (SSSR count). The number of nitrogens with one attached hydrogen (secondary N) is 1. The minimum Gasteiger partial charge on any atom is -0.363 e. The number of anilines is 1. The fourth-order valence-electron chi connectivity index (χ4n) is 2.60. The van der Waals surface area contributed by atoms with Crippen LogP contribution < -0.4 is 10.4 Å². The van der Waals surface area contributed by atoms with Crippen LogP contribution in [0.1, 0.15) is 17.3 Å². The van der Waals surface area contributed by atoms with Gasteiger partial charge in [-0.1, -0.05) is 13.0 Å². The molecule has 3 N–H and O–H groups in total. The van der Waals surface area contributed by atoms with Crippen LogP contribution in [0.5, 0.6) is 0 Å². The van der Waals surface area contributed by atoms with E-state index in [1.807, 2.05) is 4.90 Å². The molecule has 0 aromatic heterocycles. The molecule has 1 heterocycles. The lowest BCUT2D eigenvalue weighted by atomic mass is 10.1. The zero-order chi connectivity index (χ0) is 15.4. The van der Waals surface area contributed by atoms with E-state index in [1.165, 1.54) is 0 Å². The fraction of sp³-hybridized carbons (Fsp3) is 0.429. The Morgan fingerprint density at radius 2 is 2.05 bits per heavy atom. The summed E-state index contributed by atoms with van der Waals surface area (Å²) in [6, 6.07) is 4.93. The van der Waals surface area contributed by atoms with E-state index in [9.17, 15) is 10.0 Å². The first kappa shape index (κ1) is 15.3. The van der Waals surface area contributed by atoms with E-state index in [2.05, 4.69) is 18.5 Å². The SMILES string of the molecule is C=[N+](O)c1cccc(C(=O)NO)c1N1CCN(CC)CC1. The molecule has 7 nitrogen and oxygen atoms in total. The Morgan fingerprint density at radius 1 is 1.38 bits per heavy atom. The summed E-state index contributed by atoms with van der Waals surface area (Å²) in [6.07, 6.45) is 0. The predicted molar refractivity (Wildman–Crippen MR) is 78.8 cm³/mol. The third-order valence-corrected chi connectivity index (χ3v) is 3.77. The quantitative estimate of drug-likeness (QED) is 0.250. The maximum atomic E-state index is 11.9. The van der Waals surface area contributed by atoms with Crippen molar-refractivity contribution in [3.63, 3.8) is 0 Å². The van der Waals surface area contributed by atoms with Crippen molar-refractivity contribution in [2.45, 2.75) is 6.92 Å². The van der Waals surface area contributed by atoms with E-state index in [-0.39, 0.29) is 0 Å².